The largest absolute Gasteiger partial charge is 0.390 e. The Morgan fingerprint density at radius 2 is 2.05 bits per heavy atom. The second-order valence-corrected chi connectivity index (χ2v) is 6.87. The Kier molecular flexibility index (Phi) is 6.47. The van der Waals surface area contributed by atoms with Gasteiger partial charge in [0.05, 0.1) is 24.9 Å². The van der Waals surface area contributed by atoms with Gasteiger partial charge in [-0.2, -0.15) is 0 Å². The van der Waals surface area contributed by atoms with Crippen LogP contribution in [-0.2, 0) is 9.47 Å². The number of hydrogen-bond acceptors (Lipinski definition) is 4. The predicted octanol–water partition coefficient (Wildman–Crippen LogP) is 1.37. The molecule has 2 rings (SSSR count). The zero-order valence-corrected chi connectivity index (χ0v) is 13.8. The van der Waals surface area contributed by atoms with Gasteiger partial charge in [0, 0.05) is 26.3 Å². The first-order chi connectivity index (χ1) is 10.5. The normalized spacial score (nSPS) is 25.3. The maximum absolute atomic E-state index is 12.4. The summed E-state index contributed by atoms with van der Waals surface area (Å²) in [7, 11) is 0. The summed E-state index contributed by atoms with van der Waals surface area (Å²) in [5, 5.41) is 13.4. The molecule has 2 N–H and O–H groups in total. The molecule has 22 heavy (non-hydrogen) atoms. The molecule has 2 heterocycles. The second-order valence-electron chi connectivity index (χ2n) is 6.87. The van der Waals surface area contributed by atoms with Crippen LogP contribution in [0.5, 0.6) is 0 Å². The molecule has 6 heteroatoms. The van der Waals surface area contributed by atoms with Gasteiger partial charge >= 0.3 is 6.03 Å². The van der Waals surface area contributed by atoms with Crippen molar-refractivity contribution in [3.8, 4) is 0 Å². The third-order valence-corrected chi connectivity index (χ3v) is 4.52. The average Bonchev–Trinajstić information content (AvgIpc) is 2.47. The van der Waals surface area contributed by atoms with E-state index in [1.54, 1.807) is 0 Å². The molecule has 0 saturated carbocycles. The summed E-state index contributed by atoms with van der Waals surface area (Å²) in [6, 6.07) is 0.115. The quantitative estimate of drug-likeness (QED) is 0.804. The molecule has 0 radical (unpaired) electrons. The number of hydrogen-bond donors (Lipinski definition) is 2. The molecule has 0 aromatic heterocycles. The molecule has 6 nitrogen and oxygen atoms in total. The van der Waals surface area contributed by atoms with Gasteiger partial charge in [0.2, 0.25) is 0 Å². The number of ether oxygens (including phenoxy) is 2. The van der Waals surface area contributed by atoms with E-state index in [-0.39, 0.29) is 12.1 Å². The average molecular weight is 314 g/mol. The van der Waals surface area contributed by atoms with E-state index in [9.17, 15) is 9.90 Å². The van der Waals surface area contributed by atoms with Crippen molar-refractivity contribution in [2.45, 2.75) is 51.2 Å². The van der Waals surface area contributed by atoms with Crippen LogP contribution in [0, 0.1) is 5.92 Å². The number of nitrogens with zero attached hydrogens (tertiary/aromatic N) is 1. The fourth-order valence-corrected chi connectivity index (χ4v) is 3.17. The van der Waals surface area contributed by atoms with E-state index in [1.807, 2.05) is 4.90 Å². The Bertz CT molecular complexity index is 356. The highest BCUT2D eigenvalue weighted by Gasteiger charge is 2.31. The van der Waals surface area contributed by atoms with Crippen molar-refractivity contribution in [1.82, 2.24) is 10.2 Å². The fraction of sp³-hybridized carbons (Fsp3) is 0.938. The number of amides is 2. The van der Waals surface area contributed by atoms with Gasteiger partial charge < -0.3 is 24.8 Å². The molecule has 2 saturated heterocycles. The van der Waals surface area contributed by atoms with Crippen molar-refractivity contribution < 1.29 is 19.4 Å². The van der Waals surface area contributed by atoms with Gasteiger partial charge in [-0.25, -0.2) is 4.79 Å². The minimum atomic E-state index is -0.687. The molecule has 2 aliphatic heterocycles. The zero-order chi connectivity index (χ0) is 16.0. The molecule has 0 bridgehead atoms. The lowest BCUT2D eigenvalue weighted by Crippen LogP contribution is -2.53. The Balaban J connectivity index is 1.77. The van der Waals surface area contributed by atoms with Gasteiger partial charge in [-0.15, -0.1) is 0 Å². The molecule has 0 spiro atoms. The van der Waals surface area contributed by atoms with Crippen molar-refractivity contribution in [2.24, 2.45) is 5.92 Å². The predicted molar refractivity (Wildman–Crippen MR) is 83.8 cm³/mol. The third-order valence-electron chi connectivity index (χ3n) is 4.52. The lowest BCUT2D eigenvalue weighted by molar-refractivity contribution is -0.0672. The molecular formula is C16H30N2O4. The van der Waals surface area contributed by atoms with Crippen LogP contribution in [0.15, 0.2) is 0 Å². The summed E-state index contributed by atoms with van der Waals surface area (Å²) >= 11 is 0. The topological polar surface area (TPSA) is 71.0 Å². The maximum atomic E-state index is 12.4. The van der Waals surface area contributed by atoms with Gasteiger partial charge in [0.1, 0.15) is 0 Å². The summed E-state index contributed by atoms with van der Waals surface area (Å²) < 4.78 is 10.8. The molecule has 2 fully saturated rings. The van der Waals surface area contributed by atoms with Gasteiger partial charge in [-0.3, -0.25) is 0 Å². The van der Waals surface area contributed by atoms with Crippen LogP contribution in [0.1, 0.15) is 39.5 Å². The highest BCUT2D eigenvalue weighted by molar-refractivity contribution is 5.74. The van der Waals surface area contributed by atoms with Crippen LogP contribution >= 0.6 is 0 Å². The van der Waals surface area contributed by atoms with Crippen LogP contribution in [0.2, 0.25) is 0 Å². The van der Waals surface area contributed by atoms with E-state index in [4.69, 9.17) is 9.47 Å². The molecule has 2 aliphatic rings. The lowest BCUT2D eigenvalue weighted by atomic mass is 9.91. The van der Waals surface area contributed by atoms with E-state index in [0.29, 0.717) is 64.7 Å². The smallest absolute Gasteiger partial charge is 0.317 e. The molecule has 128 valence electrons. The molecule has 0 aromatic rings. The van der Waals surface area contributed by atoms with Crippen molar-refractivity contribution in [3.05, 3.63) is 0 Å². The van der Waals surface area contributed by atoms with Crippen molar-refractivity contribution in [1.29, 1.82) is 0 Å². The number of carbonyl (C=O) groups excluding carboxylic acids is 1. The van der Waals surface area contributed by atoms with E-state index >= 15 is 0 Å². The van der Waals surface area contributed by atoms with Crippen molar-refractivity contribution in [3.63, 3.8) is 0 Å². The van der Waals surface area contributed by atoms with E-state index in [1.165, 1.54) is 0 Å². The first-order valence-corrected chi connectivity index (χ1v) is 8.42. The van der Waals surface area contributed by atoms with Crippen LogP contribution in [0.25, 0.3) is 0 Å². The summed E-state index contributed by atoms with van der Waals surface area (Å²) in [6.45, 7) is 7.88. The summed E-state index contributed by atoms with van der Waals surface area (Å²) in [5.41, 5.74) is -0.687. The van der Waals surface area contributed by atoms with Crippen LogP contribution in [0.3, 0.4) is 0 Å². The van der Waals surface area contributed by atoms with Crippen LogP contribution in [0.4, 0.5) is 4.79 Å². The Morgan fingerprint density at radius 1 is 1.32 bits per heavy atom. The van der Waals surface area contributed by atoms with Gasteiger partial charge in [0.25, 0.3) is 0 Å². The first-order valence-electron chi connectivity index (χ1n) is 8.42. The fourth-order valence-electron chi connectivity index (χ4n) is 3.17. The number of nitrogens with one attached hydrogen (secondary N) is 1. The van der Waals surface area contributed by atoms with E-state index in [2.05, 4.69) is 19.2 Å². The number of carbonyl (C=O) groups is 1. The Morgan fingerprint density at radius 3 is 2.73 bits per heavy atom. The third kappa shape index (κ3) is 5.11. The Labute approximate surface area is 133 Å². The molecule has 2 amide bonds. The van der Waals surface area contributed by atoms with E-state index < -0.39 is 5.60 Å². The second kappa shape index (κ2) is 8.13. The van der Waals surface area contributed by atoms with Crippen molar-refractivity contribution >= 4 is 6.03 Å². The highest BCUT2D eigenvalue weighted by atomic mass is 16.5. The summed E-state index contributed by atoms with van der Waals surface area (Å²) in [5.74, 6) is 0.532. The number of rotatable bonds is 5. The van der Waals surface area contributed by atoms with Crippen LogP contribution in [-0.4, -0.2) is 67.2 Å². The number of aliphatic hydroxyl groups is 1. The summed E-state index contributed by atoms with van der Waals surface area (Å²) in [4.78, 5) is 14.3. The molecule has 1 atom stereocenters. The van der Waals surface area contributed by atoms with E-state index in [0.717, 1.165) is 6.42 Å². The molecule has 0 unspecified atom stereocenters. The molecular weight excluding hydrogens is 284 g/mol. The van der Waals surface area contributed by atoms with Gasteiger partial charge in [0.15, 0.2) is 0 Å². The van der Waals surface area contributed by atoms with Gasteiger partial charge in [-0.05, 0) is 31.6 Å². The minimum Gasteiger partial charge on any atom is -0.390 e. The Hall–Kier alpha value is -0.850. The minimum absolute atomic E-state index is 0.0374. The van der Waals surface area contributed by atoms with Crippen molar-refractivity contribution in [2.75, 3.05) is 39.5 Å². The first kappa shape index (κ1) is 17.5. The standard InChI is InChI=1S/C16H30N2O4/c1-13(2)11-14-12-22-10-7-18(14)15(19)17-6-3-16(20)4-8-21-9-5-16/h13-14,20H,3-12H2,1-2H3,(H,17,19)/t14-/m1/s1. The SMILES string of the molecule is CC(C)C[C@@H]1COCCN1C(=O)NCCC1(O)CCOCC1. The monoisotopic (exact) mass is 314 g/mol. The number of urea groups is 1. The number of morpholine rings is 1. The lowest BCUT2D eigenvalue weighted by Gasteiger charge is -2.37. The molecule has 0 aliphatic carbocycles. The highest BCUT2D eigenvalue weighted by Crippen LogP contribution is 2.23. The van der Waals surface area contributed by atoms with Gasteiger partial charge in [-0.1, -0.05) is 13.8 Å². The summed E-state index contributed by atoms with van der Waals surface area (Å²) in [6.07, 6.45) is 2.84. The maximum Gasteiger partial charge on any atom is 0.317 e. The molecule has 0 aromatic carbocycles. The van der Waals surface area contributed by atoms with Crippen LogP contribution < -0.4 is 5.32 Å². The zero-order valence-electron chi connectivity index (χ0n) is 13.8.